The number of hydrogen-bond acceptors (Lipinski definition) is 3. The summed E-state index contributed by atoms with van der Waals surface area (Å²) in [6.07, 6.45) is 1.98. The molecule has 1 saturated carbocycles. The summed E-state index contributed by atoms with van der Waals surface area (Å²) in [4.78, 5) is 10.7. The molecule has 1 aliphatic rings. The fourth-order valence-electron chi connectivity index (χ4n) is 2.72. The summed E-state index contributed by atoms with van der Waals surface area (Å²) >= 11 is 0. The van der Waals surface area contributed by atoms with E-state index in [0.29, 0.717) is 18.4 Å². The zero-order valence-electron chi connectivity index (χ0n) is 11.7. The number of rotatable bonds is 5. The summed E-state index contributed by atoms with van der Waals surface area (Å²) in [6, 6.07) is 3.87. The maximum Gasteiger partial charge on any atom is 0.306 e. The minimum Gasteiger partial charge on any atom is -0.481 e. The van der Waals surface area contributed by atoms with E-state index in [-0.39, 0.29) is 12.5 Å². The molecule has 1 aromatic carbocycles. The Kier molecular flexibility index (Phi) is 4.63. The van der Waals surface area contributed by atoms with Gasteiger partial charge in [0.05, 0.1) is 5.92 Å². The van der Waals surface area contributed by atoms with Crippen LogP contribution in [0.5, 0.6) is 0 Å². The number of sulfonamides is 1. The molecule has 1 aliphatic carbocycles. The van der Waals surface area contributed by atoms with Crippen LogP contribution < -0.4 is 4.72 Å². The van der Waals surface area contributed by atoms with Gasteiger partial charge in [0.15, 0.2) is 0 Å². The van der Waals surface area contributed by atoms with Gasteiger partial charge in [-0.05, 0) is 43.4 Å². The van der Waals surface area contributed by atoms with Gasteiger partial charge in [-0.2, -0.15) is 0 Å². The van der Waals surface area contributed by atoms with Crippen molar-refractivity contribution in [3.05, 3.63) is 29.6 Å². The Morgan fingerprint density at radius 2 is 2.14 bits per heavy atom. The molecule has 2 N–H and O–H groups in total. The molecule has 0 spiro atoms. The van der Waals surface area contributed by atoms with Crippen molar-refractivity contribution in [2.24, 2.45) is 11.8 Å². The van der Waals surface area contributed by atoms with E-state index in [2.05, 4.69) is 4.72 Å². The van der Waals surface area contributed by atoms with Gasteiger partial charge >= 0.3 is 5.97 Å². The summed E-state index contributed by atoms with van der Waals surface area (Å²) in [5, 5.41) is 9.07. The first-order valence-corrected chi connectivity index (χ1v) is 8.28. The van der Waals surface area contributed by atoms with Crippen LogP contribution in [0.4, 0.5) is 4.39 Å². The first kappa shape index (κ1) is 15.9. The monoisotopic (exact) mass is 315 g/mol. The second-order valence-electron chi connectivity index (χ2n) is 5.42. The molecule has 0 saturated heterocycles. The van der Waals surface area contributed by atoms with Gasteiger partial charge < -0.3 is 5.11 Å². The number of aryl methyl sites for hydroxylation is 1. The largest absolute Gasteiger partial charge is 0.481 e. The summed E-state index contributed by atoms with van der Waals surface area (Å²) in [7, 11) is -3.97. The lowest BCUT2D eigenvalue weighted by molar-refractivity contribution is -0.142. The lowest BCUT2D eigenvalue weighted by Gasteiger charge is -2.16. The maximum atomic E-state index is 13.7. The highest BCUT2D eigenvalue weighted by Crippen LogP contribution is 2.31. The summed E-state index contributed by atoms with van der Waals surface area (Å²) in [6.45, 7) is 1.70. The summed E-state index contributed by atoms with van der Waals surface area (Å²) in [5.41, 5.74) is 0.640. The Morgan fingerprint density at radius 3 is 2.81 bits per heavy atom. The second-order valence-corrected chi connectivity index (χ2v) is 7.16. The molecule has 1 aromatic rings. The lowest BCUT2D eigenvalue weighted by Crippen LogP contribution is -2.33. The van der Waals surface area contributed by atoms with Crippen molar-refractivity contribution in [2.75, 3.05) is 6.54 Å². The number of halogens is 1. The molecule has 0 heterocycles. The molecule has 7 heteroatoms. The zero-order valence-corrected chi connectivity index (χ0v) is 12.5. The Labute approximate surface area is 123 Å². The third-order valence-electron chi connectivity index (χ3n) is 3.89. The normalized spacial score (nSPS) is 22.4. The number of carboxylic acid groups (broad SMARTS) is 1. The van der Waals surface area contributed by atoms with E-state index in [1.165, 1.54) is 12.1 Å². The van der Waals surface area contributed by atoms with Crippen LogP contribution in [0.25, 0.3) is 0 Å². The third-order valence-corrected chi connectivity index (χ3v) is 5.33. The first-order valence-electron chi connectivity index (χ1n) is 6.80. The van der Waals surface area contributed by atoms with Crippen LogP contribution in [0.3, 0.4) is 0 Å². The summed E-state index contributed by atoms with van der Waals surface area (Å²) in [5.74, 6) is -2.49. The van der Waals surface area contributed by atoms with Crippen molar-refractivity contribution in [1.82, 2.24) is 4.72 Å². The van der Waals surface area contributed by atoms with Gasteiger partial charge in [0, 0.05) is 6.54 Å². The molecule has 2 atom stereocenters. The highest BCUT2D eigenvalue weighted by atomic mass is 32.2. The van der Waals surface area contributed by atoms with Crippen molar-refractivity contribution in [3.63, 3.8) is 0 Å². The van der Waals surface area contributed by atoms with Gasteiger partial charge in [-0.25, -0.2) is 17.5 Å². The SMILES string of the molecule is Cc1ccc(F)c(S(=O)(=O)NCC2CCCC2C(=O)O)c1. The van der Waals surface area contributed by atoms with Gasteiger partial charge in [0.2, 0.25) is 10.0 Å². The molecule has 116 valence electrons. The number of hydrogen-bond donors (Lipinski definition) is 2. The number of carboxylic acids is 1. The molecule has 2 unspecified atom stereocenters. The average Bonchev–Trinajstić information content (AvgIpc) is 2.88. The quantitative estimate of drug-likeness (QED) is 0.869. The molecule has 0 aliphatic heterocycles. The van der Waals surface area contributed by atoms with Crippen molar-refractivity contribution in [3.8, 4) is 0 Å². The van der Waals surface area contributed by atoms with Crippen LogP contribution in [0.15, 0.2) is 23.1 Å². The van der Waals surface area contributed by atoms with Gasteiger partial charge in [-0.3, -0.25) is 4.79 Å². The van der Waals surface area contributed by atoms with Gasteiger partial charge in [-0.15, -0.1) is 0 Å². The first-order chi connectivity index (χ1) is 9.81. The third kappa shape index (κ3) is 3.59. The molecule has 0 amide bonds. The Bertz CT molecular complexity index is 644. The van der Waals surface area contributed by atoms with Crippen molar-refractivity contribution < 1.29 is 22.7 Å². The molecular formula is C14H18FNO4S. The van der Waals surface area contributed by atoms with Crippen molar-refractivity contribution in [2.45, 2.75) is 31.1 Å². The van der Waals surface area contributed by atoms with E-state index < -0.39 is 32.6 Å². The number of nitrogens with one attached hydrogen (secondary N) is 1. The fourth-order valence-corrected chi connectivity index (χ4v) is 3.97. The molecule has 0 aromatic heterocycles. The van der Waals surface area contributed by atoms with Crippen LogP contribution in [-0.2, 0) is 14.8 Å². The van der Waals surface area contributed by atoms with Crippen LogP contribution in [0.1, 0.15) is 24.8 Å². The fraction of sp³-hybridized carbons (Fsp3) is 0.500. The van der Waals surface area contributed by atoms with Gasteiger partial charge in [0.1, 0.15) is 10.7 Å². The van der Waals surface area contributed by atoms with Crippen molar-refractivity contribution in [1.29, 1.82) is 0 Å². The molecule has 0 radical (unpaired) electrons. The standard InChI is InChI=1S/C14H18FNO4S/c1-9-5-6-12(15)13(7-9)21(19,20)16-8-10-3-2-4-11(10)14(17)18/h5-7,10-11,16H,2-4,8H2,1H3,(H,17,18). The Balaban J connectivity index is 2.11. The van der Waals surface area contributed by atoms with Crippen molar-refractivity contribution >= 4 is 16.0 Å². The topological polar surface area (TPSA) is 83.5 Å². The van der Waals surface area contributed by atoms with E-state index in [1.54, 1.807) is 6.92 Å². The average molecular weight is 315 g/mol. The number of aliphatic carboxylic acids is 1. The molecule has 5 nitrogen and oxygen atoms in total. The summed E-state index contributed by atoms with van der Waals surface area (Å²) < 4.78 is 40.3. The minimum atomic E-state index is -3.97. The van der Waals surface area contributed by atoms with Crippen LogP contribution in [0, 0.1) is 24.6 Å². The predicted molar refractivity (Wildman–Crippen MR) is 74.8 cm³/mol. The molecule has 2 rings (SSSR count). The Morgan fingerprint density at radius 1 is 1.43 bits per heavy atom. The van der Waals surface area contributed by atoms with Gasteiger partial charge in [-0.1, -0.05) is 12.5 Å². The second kappa shape index (κ2) is 6.11. The van der Waals surface area contributed by atoms with Crippen LogP contribution in [-0.4, -0.2) is 26.0 Å². The van der Waals surface area contributed by atoms with Crippen LogP contribution >= 0.6 is 0 Å². The van der Waals surface area contributed by atoms with E-state index in [1.807, 2.05) is 0 Å². The smallest absolute Gasteiger partial charge is 0.306 e. The molecule has 0 bridgehead atoms. The molecule has 21 heavy (non-hydrogen) atoms. The zero-order chi connectivity index (χ0) is 15.6. The van der Waals surface area contributed by atoms with E-state index in [9.17, 15) is 17.6 Å². The molecular weight excluding hydrogens is 297 g/mol. The number of carbonyl (C=O) groups is 1. The molecule has 1 fully saturated rings. The Hall–Kier alpha value is -1.47. The van der Waals surface area contributed by atoms with E-state index in [4.69, 9.17) is 5.11 Å². The predicted octanol–water partition coefficient (Wildman–Crippen LogP) is 1.91. The highest BCUT2D eigenvalue weighted by molar-refractivity contribution is 7.89. The minimum absolute atomic E-state index is 0.0205. The van der Waals surface area contributed by atoms with Gasteiger partial charge in [0.25, 0.3) is 0 Å². The lowest BCUT2D eigenvalue weighted by atomic mass is 9.97. The van der Waals surface area contributed by atoms with E-state index in [0.717, 1.165) is 12.5 Å². The number of benzene rings is 1. The highest BCUT2D eigenvalue weighted by Gasteiger charge is 2.33. The van der Waals surface area contributed by atoms with E-state index >= 15 is 0 Å². The van der Waals surface area contributed by atoms with Crippen LogP contribution in [0.2, 0.25) is 0 Å². The maximum absolute atomic E-state index is 13.7.